The Morgan fingerprint density at radius 2 is 1.00 bits per heavy atom. The Balaban J connectivity index is 0.884. The van der Waals surface area contributed by atoms with E-state index in [4.69, 9.17) is 47.4 Å². The maximum Gasteiger partial charge on any atom is 0.187 e. The van der Waals surface area contributed by atoms with Crippen LogP contribution in [0, 0.1) is 45.3 Å². The molecule has 8 fully saturated rings. The number of ether oxygens (including phenoxy) is 10. The van der Waals surface area contributed by atoms with E-state index in [1.807, 2.05) is 13.8 Å². The first-order chi connectivity index (χ1) is 42.1. The SMILES string of the molecule is C[C@H](CC[C@@H](O[C@@H]1O[C@H](CO[C@@H]2O[C@H](CCO)[C@@H](O)[C@H](O)[C@H]2O)[C@@H](O)[C@H](O)[C@H]1O[C@@H]1O[C@H](CO)[C@@H](O)[C@H](O)[C@H]1O)C(C)(C)O)[C@H]1CC[C@@]2(C)[C@@H]3CC=C4[C@@H](CC[C@H](O[C@@H]5O[C@H](CO[C@@H]6O[C@H](CO)[C@@H](O)[C@H](O)[C@H]6O)[C@@H](O)[C@H](O)[C@H]5O)C4(C)C)[C@]3(C)[C@H](O)C[C@]12C. The van der Waals surface area contributed by atoms with Crippen LogP contribution >= 0.6 is 0 Å². The first-order valence-corrected chi connectivity index (χ1v) is 32.1. The van der Waals surface area contributed by atoms with Crippen molar-refractivity contribution in [3.8, 4) is 0 Å². The van der Waals surface area contributed by atoms with E-state index < -0.39 is 227 Å². The predicted octanol–water partition coefficient (Wildman–Crippen LogP) is -5.02. The van der Waals surface area contributed by atoms with Gasteiger partial charge in [-0.25, -0.2) is 0 Å². The summed E-state index contributed by atoms with van der Waals surface area (Å²) in [4.78, 5) is 0. The fraction of sp³-hybridized carbons (Fsp3) is 0.967. The fourth-order valence-corrected chi connectivity index (χ4v) is 17.2. The van der Waals surface area contributed by atoms with Crippen LogP contribution in [-0.2, 0) is 47.4 Å². The molecule has 19 N–H and O–H groups in total. The topological polar surface area (TPSA) is 477 Å². The molecule has 522 valence electrons. The quantitative estimate of drug-likeness (QED) is 0.0479. The van der Waals surface area contributed by atoms with Gasteiger partial charge in [0.1, 0.15) is 116 Å². The zero-order chi connectivity index (χ0) is 66.2. The van der Waals surface area contributed by atoms with Crippen LogP contribution in [0.4, 0.5) is 0 Å². The molecular weight excluding hydrogens is 1200 g/mol. The monoisotopic (exact) mass is 1300 g/mol. The van der Waals surface area contributed by atoms with Gasteiger partial charge in [-0.2, -0.15) is 0 Å². The van der Waals surface area contributed by atoms with Gasteiger partial charge < -0.3 is 144 Å². The molecule has 4 aliphatic carbocycles. The van der Waals surface area contributed by atoms with E-state index in [-0.39, 0.29) is 41.9 Å². The van der Waals surface area contributed by atoms with E-state index in [1.54, 1.807) is 0 Å². The van der Waals surface area contributed by atoms with Crippen molar-refractivity contribution in [1.29, 1.82) is 0 Å². The average molecular weight is 1300 g/mol. The third kappa shape index (κ3) is 13.3. The third-order valence-electron chi connectivity index (χ3n) is 23.1. The van der Waals surface area contributed by atoms with Crippen LogP contribution in [-0.4, -0.2) is 308 Å². The maximum absolute atomic E-state index is 12.8. The van der Waals surface area contributed by atoms with Gasteiger partial charge in [0.15, 0.2) is 31.5 Å². The summed E-state index contributed by atoms with van der Waals surface area (Å²) in [6, 6.07) is 0. The second-order valence-electron chi connectivity index (χ2n) is 29.1. The van der Waals surface area contributed by atoms with Crippen LogP contribution in [0.25, 0.3) is 0 Å². The first kappa shape index (κ1) is 72.8. The number of fused-ring (bicyclic) bond motifs is 5. The molecule has 0 spiro atoms. The van der Waals surface area contributed by atoms with Crippen molar-refractivity contribution in [3.63, 3.8) is 0 Å². The van der Waals surface area contributed by atoms with Crippen molar-refractivity contribution in [3.05, 3.63) is 11.6 Å². The van der Waals surface area contributed by atoms with Crippen LogP contribution in [0.2, 0.25) is 0 Å². The van der Waals surface area contributed by atoms with E-state index in [0.29, 0.717) is 32.1 Å². The minimum absolute atomic E-state index is 0.0318. The Morgan fingerprint density at radius 1 is 0.533 bits per heavy atom. The molecule has 9 rings (SSSR count). The lowest BCUT2D eigenvalue weighted by Crippen LogP contribution is -2.65. The second kappa shape index (κ2) is 28.2. The first-order valence-electron chi connectivity index (χ1n) is 32.1. The lowest BCUT2D eigenvalue weighted by atomic mass is 9.38. The number of hydrogen-bond acceptors (Lipinski definition) is 29. The molecule has 0 aromatic heterocycles. The molecule has 0 bridgehead atoms. The molecule has 9 aliphatic rings. The Kier molecular flexibility index (Phi) is 22.8. The molecule has 0 aromatic rings. The summed E-state index contributed by atoms with van der Waals surface area (Å²) >= 11 is 0. The fourth-order valence-electron chi connectivity index (χ4n) is 17.2. The number of aliphatic hydroxyl groups excluding tert-OH is 18. The van der Waals surface area contributed by atoms with Gasteiger partial charge in [-0.1, -0.05) is 53.2 Å². The van der Waals surface area contributed by atoms with E-state index >= 15 is 0 Å². The van der Waals surface area contributed by atoms with Gasteiger partial charge in [0.25, 0.3) is 0 Å². The summed E-state index contributed by atoms with van der Waals surface area (Å²) in [5.74, 6) is -0.0127. The minimum Gasteiger partial charge on any atom is -0.396 e. The minimum atomic E-state index is -1.95. The van der Waals surface area contributed by atoms with Crippen molar-refractivity contribution in [2.45, 2.75) is 291 Å². The van der Waals surface area contributed by atoms with Crippen molar-refractivity contribution in [2.24, 2.45) is 45.3 Å². The van der Waals surface area contributed by atoms with Gasteiger partial charge >= 0.3 is 0 Å². The molecule has 35 atom stereocenters. The van der Waals surface area contributed by atoms with Crippen LogP contribution in [0.1, 0.15) is 113 Å². The Hall–Kier alpha value is -1.42. The summed E-state index contributed by atoms with van der Waals surface area (Å²) < 4.78 is 59.7. The molecule has 90 heavy (non-hydrogen) atoms. The number of hydrogen-bond donors (Lipinski definition) is 19. The summed E-state index contributed by atoms with van der Waals surface area (Å²) in [6.45, 7) is 13.0. The average Bonchev–Trinajstić information content (AvgIpc) is 1.29. The third-order valence-corrected chi connectivity index (χ3v) is 23.1. The van der Waals surface area contributed by atoms with Crippen molar-refractivity contribution >= 4 is 0 Å². The van der Waals surface area contributed by atoms with Crippen molar-refractivity contribution in [2.75, 3.05) is 33.0 Å². The summed E-state index contributed by atoms with van der Waals surface area (Å²) in [5, 5.41) is 205. The van der Waals surface area contributed by atoms with Gasteiger partial charge in [0.05, 0.1) is 56.4 Å². The zero-order valence-electron chi connectivity index (χ0n) is 52.5. The maximum atomic E-state index is 12.8. The smallest absolute Gasteiger partial charge is 0.187 e. The van der Waals surface area contributed by atoms with E-state index in [0.717, 1.165) is 18.4 Å². The van der Waals surface area contributed by atoms with Crippen molar-refractivity contribution < 1.29 is 144 Å². The Morgan fingerprint density at radius 3 is 1.53 bits per heavy atom. The molecule has 5 aliphatic heterocycles. The highest BCUT2D eigenvalue weighted by molar-refractivity contribution is 5.32. The zero-order valence-corrected chi connectivity index (χ0v) is 52.5. The molecule has 3 saturated carbocycles. The number of aliphatic hydroxyl groups is 19. The van der Waals surface area contributed by atoms with Crippen LogP contribution in [0.15, 0.2) is 11.6 Å². The van der Waals surface area contributed by atoms with Gasteiger partial charge in [0, 0.05) is 17.4 Å². The molecule has 0 radical (unpaired) electrons. The summed E-state index contributed by atoms with van der Waals surface area (Å²) in [6.07, 6.45) is -37.0. The van der Waals surface area contributed by atoms with E-state index in [9.17, 15) is 97.0 Å². The van der Waals surface area contributed by atoms with E-state index in [1.165, 1.54) is 13.8 Å². The lowest BCUT2D eigenvalue weighted by molar-refractivity contribution is -0.380. The van der Waals surface area contributed by atoms with Gasteiger partial charge in [-0.3, -0.25) is 0 Å². The number of rotatable bonds is 21. The number of allylic oxidation sites excluding steroid dienone is 1. The van der Waals surface area contributed by atoms with Crippen molar-refractivity contribution in [1.82, 2.24) is 0 Å². The second-order valence-corrected chi connectivity index (χ2v) is 29.1. The predicted molar refractivity (Wildman–Crippen MR) is 305 cm³/mol. The Bertz CT molecular complexity index is 2370. The summed E-state index contributed by atoms with van der Waals surface area (Å²) in [5.41, 5.74) is -2.48. The van der Waals surface area contributed by atoms with Gasteiger partial charge in [0.2, 0.25) is 0 Å². The van der Waals surface area contributed by atoms with Gasteiger partial charge in [-0.05, 0) is 106 Å². The van der Waals surface area contributed by atoms with Crippen LogP contribution in [0.5, 0.6) is 0 Å². The molecule has 5 heterocycles. The molecular formula is C61H104O29. The lowest BCUT2D eigenvalue weighted by Gasteiger charge is -2.67. The van der Waals surface area contributed by atoms with E-state index in [2.05, 4.69) is 33.8 Å². The molecule has 0 amide bonds. The molecule has 29 heteroatoms. The molecule has 0 aromatic carbocycles. The molecule has 29 nitrogen and oxygen atoms in total. The molecule has 0 unspecified atom stereocenters. The van der Waals surface area contributed by atoms with Gasteiger partial charge in [-0.15, -0.1) is 0 Å². The highest BCUT2D eigenvalue weighted by atomic mass is 16.8. The van der Waals surface area contributed by atoms with Crippen LogP contribution in [0.3, 0.4) is 0 Å². The largest absolute Gasteiger partial charge is 0.396 e. The highest BCUT2D eigenvalue weighted by Crippen LogP contribution is 2.75. The highest BCUT2D eigenvalue weighted by Gasteiger charge is 2.70. The standard InChI is InChI=1S/C61H104O29/c1-24(9-13-36(58(4,5)80)89-56-51(90-55-50(79)44(73)39(68)30(21-64)85-55)46(75)41(70)32(87-56)23-81-52-47(76)42(71)37(66)28(83-52)16-18-62)25-15-17-59(6)33-12-10-26-27(61(33,8)34(65)19-60(25,59)7)11-14-35(57(26,2)3)88-54-49(78)45(74)40(69)31(86-54)22-82-53-48(77)43(72)38(67)29(20-63)84-53/h10,24-25,27-56,62-80H,9,11-23H2,1-8H3/t24-,25-,27-,28-,29-,30-,31-,32-,33+,34-,35+,36-,37-,38-,39-,40-,41-,42+,43+,44+,45+,46+,47-,48-,49-,50-,51-,52-,53-,54+,55+,56+,59+,60-,61+/m1/s1. The Labute approximate surface area is 523 Å². The summed E-state index contributed by atoms with van der Waals surface area (Å²) in [7, 11) is 0. The molecule has 5 saturated heterocycles. The van der Waals surface area contributed by atoms with Crippen LogP contribution < -0.4 is 0 Å². The normalized spacial score (nSPS) is 51.3.